The fourth-order valence-corrected chi connectivity index (χ4v) is 6.57. The molecule has 1 aliphatic rings. The third-order valence-electron chi connectivity index (χ3n) is 7.03. The zero-order chi connectivity index (χ0) is 25.3. The Morgan fingerprint density at radius 3 is 2.42 bits per heavy atom. The molecule has 0 aliphatic carbocycles. The Hall–Kier alpha value is -3.30. The van der Waals surface area contributed by atoms with Gasteiger partial charge in [-0.3, -0.25) is 4.31 Å². The Morgan fingerprint density at radius 1 is 0.917 bits per heavy atom. The fraction of sp³-hybridized carbons (Fsp3) is 0.370. The Bertz CT molecular complexity index is 1490. The van der Waals surface area contributed by atoms with Crippen molar-refractivity contribution in [2.75, 3.05) is 44.7 Å². The molecule has 2 aromatic carbocycles. The van der Waals surface area contributed by atoms with Gasteiger partial charge in [-0.1, -0.05) is 24.6 Å². The lowest BCUT2D eigenvalue weighted by Gasteiger charge is -2.31. The van der Waals surface area contributed by atoms with Gasteiger partial charge in [0.05, 0.1) is 19.1 Å². The summed E-state index contributed by atoms with van der Waals surface area (Å²) in [4.78, 5) is 6.92. The lowest BCUT2D eigenvalue weighted by atomic mass is 10.1. The second-order valence-electron chi connectivity index (χ2n) is 9.12. The molecule has 1 fully saturated rings. The maximum absolute atomic E-state index is 14.2. The monoisotopic (exact) mass is 508 g/mol. The molecule has 0 N–H and O–H groups in total. The number of ether oxygens (including phenoxy) is 2. The summed E-state index contributed by atoms with van der Waals surface area (Å²) in [7, 11) is 1.08. The molecule has 190 valence electrons. The number of aromatic nitrogens is 2. The number of methoxy groups -OCH3 is 2. The number of hydrogen-bond acceptors (Lipinski definition) is 6. The highest BCUT2D eigenvalue weighted by atomic mass is 32.2. The number of sulfonamides is 1. The SMILES string of the molecule is COc1ccc(N(CCN2CCCCC2)S(=O)(=O)c2ccc3c(c2)c2ccccc2n3C)c(OC)n1. The molecular formula is C27H32N4O4S. The number of para-hydroxylation sites is 1. The lowest BCUT2D eigenvalue weighted by Crippen LogP contribution is -2.40. The topological polar surface area (TPSA) is 76.9 Å². The van der Waals surface area contributed by atoms with Crippen LogP contribution in [0.15, 0.2) is 59.5 Å². The van der Waals surface area contributed by atoms with E-state index in [4.69, 9.17) is 9.47 Å². The van der Waals surface area contributed by atoms with Crippen LogP contribution in [0.25, 0.3) is 21.8 Å². The standard InChI is InChI=1S/C27H32N4O4S/c1-29-23-10-6-5-9-21(23)22-19-20(11-12-24(22)29)36(32,33)31(18-17-30-15-7-4-8-16-30)25-13-14-26(34-2)28-27(25)35-3/h5-6,9-14,19H,4,7-8,15-18H2,1-3H3. The quantitative estimate of drug-likeness (QED) is 0.351. The van der Waals surface area contributed by atoms with Crippen LogP contribution in [0.2, 0.25) is 0 Å². The Morgan fingerprint density at radius 2 is 1.67 bits per heavy atom. The summed E-state index contributed by atoms with van der Waals surface area (Å²) in [6.45, 7) is 2.88. The molecule has 5 rings (SSSR count). The second-order valence-corrected chi connectivity index (χ2v) is 11.0. The van der Waals surface area contributed by atoms with E-state index >= 15 is 0 Å². The van der Waals surface area contributed by atoms with Crippen LogP contribution in [-0.4, -0.2) is 63.3 Å². The molecule has 0 radical (unpaired) electrons. The first kappa shape index (κ1) is 24.4. The maximum Gasteiger partial charge on any atom is 0.264 e. The number of nitrogens with zero attached hydrogens (tertiary/aromatic N) is 4. The van der Waals surface area contributed by atoms with Crippen LogP contribution in [0, 0.1) is 0 Å². The van der Waals surface area contributed by atoms with Crippen LogP contribution in [-0.2, 0) is 17.1 Å². The van der Waals surface area contributed by atoms with Crippen LogP contribution >= 0.6 is 0 Å². The summed E-state index contributed by atoms with van der Waals surface area (Å²) in [6, 6.07) is 16.8. The molecule has 8 nitrogen and oxygen atoms in total. The molecule has 1 aliphatic heterocycles. The number of aryl methyl sites for hydroxylation is 1. The van der Waals surface area contributed by atoms with E-state index in [0.717, 1.165) is 47.7 Å². The van der Waals surface area contributed by atoms with Crippen molar-refractivity contribution in [1.29, 1.82) is 0 Å². The van der Waals surface area contributed by atoms with Crippen molar-refractivity contribution in [3.05, 3.63) is 54.6 Å². The molecule has 0 bridgehead atoms. The number of pyridine rings is 1. The van der Waals surface area contributed by atoms with Gasteiger partial charge in [-0.15, -0.1) is 0 Å². The second kappa shape index (κ2) is 9.99. The van der Waals surface area contributed by atoms with Crippen molar-refractivity contribution in [3.63, 3.8) is 0 Å². The third kappa shape index (κ3) is 4.37. The summed E-state index contributed by atoms with van der Waals surface area (Å²) >= 11 is 0. The number of hydrogen-bond donors (Lipinski definition) is 0. The van der Waals surface area contributed by atoms with E-state index in [2.05, 4.69) is 14.5 Å². The maximum atomic E-state index is 14.2. The van der Waals surface area contributed by atoms with E-state index in [1.165, 1.54) is 24.9 Å². The molecule has 0 saturated carbocycles. The van der Waals surface area contributed by atoms with Gasteiger partial charge in [0, 0.05) is 48.0 Å². The van der Waals surface area contributed by atoms with E-state index in [1.54, 1.807) is 24.3 Å². The van der Waals surface area contributed by atoms with E-state index < -0.39 is 10.0 Å². The number of piperidine rings is 1. The molecule has 0 amide bonds. The predicted octanol–water partition coefficient (Wildman–Crippen LogP) is 4.42. The molecule has 0 spiro atoms. The molecule has 0 atom stereocenters. The third-order valence-corrected chi connectivity index (χ3v) is 8.84. The van der Waals surface area contributed by atoms with Crippen molar-refractivity contribution in [1.82, 2.24) is 14.5 Å². The van der Waals surface area contributed by atoms with Gasteiger partial charge in [-0.2, -0.15) is 4.98 Å². The first-order valence-electron chi connectivity index (χ1n) is 12.3. The molecule has 9 heteroatoms. The Kier molecular flexibility index (Phi) is 6.77. The number of fused-ring (bicyclic) bond motifs is 3. The normalized spacial score (nSPS) is 14.9. The van der Waals surface area contributed by atoms with E-state index in [9.17, 15) is 8.42 Å². The van der Waals surface area contributed by atoms with Gasteiger partial charge < -0.3 is 18.9 Å². The van der Waals surface area contributed by atoms with E-state index in [1.807, 2.05) is 37.4 Å². The molecule has 1 saturated heterocycles. The van der Waals surface area contributed by atoms with Gasteiger partial charge in [-0.25, -0.2) is 8.42 Å². The Labute approximate surface area is 212 Å². The molecule has 2 aromatic heterocycles. The van der Waals surface area contributed by atoms with Crippen molar-refractivity contribution in [2.45, 2.75) is 24.2 Å². The predicted molar refractivity (Wildman–Crippen MR) is 143 cm³/mol. The summed E-state index contributed by atoms with van der Waals surface area (Å²) in [5.41, 5.74) is 2.44. The lowest BCUT2D eigenvalue weighted by molar-refractivity contribution is 0.235. The van der Waals surface area contributed by atoms with Crippen molar-refractivity contribution >= 4 is 37.5 Å². The number of benzene rings is 2. The molecule has 36 heavy (non-hydrogen) atoms. The summed E-state index contributed by atoms with van der Waals surface area (Å²) in [5.74, 6) is 0.573. The minimum atomic E-state index is -3.92. The van der Waals surface area contributed by atoms with E-state index in [-0.39, 0.29) is 10.8 Å². The van der Waals surface area contributed by atoms with Crippen LogP contribution < -0.4 is 13.8 Å². The van der Waals surface area contributed by atoms with Crippen molar-refractivity contribution < 1.29 is 17.9 Å². The van der Waals surface area contributed by atoms with Gasteiger partial charge in [0.2, 0.25) is 11.8 Å². The molecule has 0 unspecified atom stereocenters. The van der Waals surface area contributed by atoms with E-state index in [0.29, 0.717) is 24.7 Å². The summed E-state index contributed by atoms with van der Waals surface area (Å²) in [5, 5.41) is 1.93. The van der Waals surface area contributed by atoms with Gasteiger partial charge in [0.25, 0.3) is 10.0 Å². The molecule has 3 heterocycles. The minimum Gasteiger partial charge on any atom is -0.481 e. The van der Waals surface area contributed by atoms with Crippen LogP contribution in [0.3, 0.4) is 0 Å². The highest BCUT2D eigenvalue weighted by molar-refractivity contribution is 7.92. The van der Waals surface area contributed by atoms with Gasteiger partial charge in [-0.05, 0) is 56.3 Å². The first-order valence-corrected chi connectivity index (χ1v) is 13.7. The number of likely N-dealkylation sites (tertiary alicyclic amines) is 1. The Balaban J connectivity index is 1.60. The highest BCUT2D eigenvalue weighted by Gasteiger charge is 2.30. The van der Waals surface area contributed by atoms with Crippen molar-refractivity contribution in [3.8, 4) is 11.8 Å². The zero-order valence-electron chi connectivity index (χ0n) is 21.0. The number of anilines is 1. The summed E-state index contributed by atoms with van der Waals surface area (Å²) in [6.07, 6.45) is 3.50. The molecule has 4 aromatic rings. The number of rotatable bonds is 8. The molecular weight excluding hydrogens is 476 g/mol. The van der Waals surface area contributed by atoms with Crippen LogP contribution in [0.1, 0.15) is 19.3 Å². The largest absolute Gasteiger partial charge is 0.481 e. The smallest absolute Gasteiger partial charge is 0.264 e. The zero-order valence-corrected chi connectivity index (χ0v) is 21.8. The average molecular weight is 509 g/mol. The first-order chi connectivity index (χ1) is 17.4. The highest BCUT2D eigenvalue weighted by Crippen LogP contribution is 2.35. The minimum absolute atomic E-state index is 0.211. The fourth-order valence-electron chi connectivity index (χ4n) is 5.09. The van der Waals surface area contributed by atoms with Gasteiger partial charge in [0.15, 0.2) is 0 Å². The average Bonchev–Trinajstić information content (AvgIpc) is 3.20. The van der Waals surface area contributed by atoms with Crippen molar-refractivity contribution in [2.24, 2.45) is 7.05 Å². The van der Waals surface area contributed by atoms with Crippen LogP contribution in [0.5, 0.6) is 11.8 Å². The summed E-state index contributed by atoms with van der Waals surface area (Å²) < 4.78 is 42.7. The van der Waals surface area contributed by atoms with Gasteiger partial charge >= 0.3 is 0 Å². The van der Waals surface area contributed by atoms with Crippen LogP contribution in [0.4, 0.5) is 5.69 Å². The van der Waals surface area contributed by atoms with Gasteiger partial charge in [0.1, 0.15) is 5.69 Å².